The number of nitrogen functional groups attached to an aromatic ring is 1. The Balaban J connectivity index is 2.06. The number of carbonyl (C=O) groups excluding carboxylic acids is 1. The summed E-state index contributed by atoms with van der Waals surface area (Å²) in [6, 6.07) is 5.02. The van der Waals surface area contributed by atoms with Gasteiger partial charge in [0.2, 0.25) is 0 Å². The molecule has 1 amide bonds. The summed E-state index contributed by atoms with van der Waals surface area (Å²) >= 11 is 0. The Morgan fingerprint density at radius 1 is 1.42 bits per heavy atom. The molecule has 0 aliphatic rings. The van der Waals surface area contributed by atoms with Crippen LogP contribution in [0, 0.1) is 6.92 Å². The van der Waals surface area contributed by atoms with Gasteiger partial charge in [0, 0.05) is 17.5 Å². The van der Waals surface area contributed by atoms with Gasteiger partial charge in [-0.15, -0.1) is 0 Å². The average molecular weight is 258 g/mol. The summed E-state index contributed by atoms with van der Waals surface area (Å²) in [5.74, 6) is 5.53. The van der Waals surface area contributed by atoms with E-state index in [-0.39, 0.29) is 5.91 Å². The van der Waals surface area contributed by atoms with Gasteiger partial charge in [-0.25, -0.2) is 20.8 Å². The Bertz CT molecular complexity index is 572. The fraction of sp³-hybridized carbons (Fsp3) is 0.167. The third-order valence-corrected chi connectivity index (χ3v) is 2.44. The number of aryl methyl sites for hydroxylation is 1. The molecule has 0 fully saturated rings. The van der Waals surface area contributed by atoms with Crippen molar-refractivity contribution in [2.75, 3.05) is 5.43 Å². The van der Waals surface area contributed by atoms with Gasteiger partial charge in [-0.1, -0.05) is 0 Å². The molecule has 98 valence electrons. The fourth-order valence-electron chi connectivity index (χ4n) is 1.57. The summed E-state index contributed by atoms with van der Waals surface area (Å²) in [7, 11) is 0. The Hall–Kier alpha value is -2.54. The van der Waals surface area contributed by atoms with Crippen molar-refractivity contribution in [2.45, 2.75) is 13.5 Å². The van der Waals surface area contributed by atoms with Crippen molar-refractivity contribution < 1.29 is 4.79 Å². The highest BCUT2D eigenvalue weighted by atomic mass is 16.1. The summed E-state index contributed by atoms with van der Waals surface area (Å²) < 4.78 is 0. The van der Waals surface area contributed by atoms with E-state index in [1.807, 2.05) is 0 Å². The molecule has 0 aliphatic carbocycles. The van der Waals surface area contributed by atoms with E-state index in [1.54, 1.807) is 31.3 Å². The maximum Gasteiger partial charge on any atom is 0.251 e. The molecule has 0 atom stereocenters. The summed E-state index contributed by atoms with van der Waals surface area (Å²) in [6.45, 7) is 2.14. The van der Waals surface area contributed by atoms with E-state index in [9.17, 15) is 4.79 Å². The van der Waals surface area contributed by atoms with Gasteiger partial charge in [0.25, 0.3) is 5.91 Å². The lowest BCUT2D eigenvalue weighted by Crippen LogP contribution is -2.24. The molecule has 0 unspecified atom stereocenters. The number of nitrogens with two attached hydrogens (primary N) is 1. The molecule has 0 saturated carbocycles. The van der Waals surface area contributed by atoms with Crippen LogP contribution in [0.4, 0.5) is 5.82 Å². The monoisotopic (exact) mass is 258 g/mol. The van der Waals surface area contributed by atoms with Gasteiger partial charge in [0.1, 0.15) is 12.1 Å². The van der Waals surface area contributed by atoms with E-state index >= 15 is 0 Å². The Morgan fingerprint density at radius 2 is 2.26 bits per heavy atom. The molecule has 19 heavy (non-hydrogen) atoms. The van der Waals surface area contributed by atoms with E-state index in [1.165, 1.54) is 6.33 Å². The van der Waals surface area contributed by atoms with Gasteiger partial charge in [0.05, 0.1) is 12.2 Å². The zero-order chi connectivity index (χ0) is 13.7. The maximum absolute atomic E-state index is 12.0. The molecular formula is C12H14N6O. The second kappa shape index (κ2) is 5.87. The molecule has 7 nitrogen and oxygen atoms in total. The Labute approximate surface area is 110 Å². The highest BCUT2D eigenvalue weighted by molar-refractivity contribution is 5.94. The van der Waals surface area contributed by atoms with Gasteiger partial charge in [-0.3, -0.25) is 4.79 Å². The van der Waals surface area contributed by atoms with Gasteiger partial charge < -0.3 is 10.7 Å². The predicted octanol–water partition coefficient (Wildman–Crippen LogP) is 0.396. The smallest absolute Gasteiger partial charge is 0.251 e. The van der Waals surface area contributed by atoms with E-state index < -0.39 is 0 Å². The van der Waals surface area contributed by atoms with Crippen LogP contribution in [0.5, 0.6) is 0 Å². The number of hydrogen-bond acceptors (Lipinski definition) is 6. The zero-order valence-electron chi connectivity index (χ0n) is 10.4. The largest absolute Gasteiger partial charge is 0.346 e. The van der Waals surface area contributed by atoms with Crippen LogP contribution in [-0.2, 0) is 6.54 Å². The lowest BCUT2D eigenvalue weighted by molar-refractivity contribution is 0.0950. The van der Waals surface area contributed by atoms with Crippen molar-refractivity contribution in [2.24, 2.45) is 5.84 Å². The van der Waals surface area contributed by atoms with Crippen LogP contribution in [-0.4, -0.2) is 20.9 Å². The molecule has 0 aromatic carbocycles. The van der Waals surface area contributed by atoms with Gasteiger partial charge in [-0.05, 0) is 25.1 Å². The molecule has 0 radical (unpaired) electrons. The Kier molecular flexibility index (Phi) is 3.99. The van der Waals surface area contributed by atoms with E-state index in [2.05, 4.69) is 25.7 Å². The van der Waals surface area contributed by atoms with Crippen molar-refractivity contribution in [3.63, 3.8) is 0 Å². The van der Waals surface area contributed by atoms with Crippen molar-refractivity contribution in [1.29, 1.82) is 0 Å². The second-order valence-electron chi connectivity index (χ2n) is 3.91. The molecule has 2 rings (SSSR count). The minimum atomic E-state index is -0.208. The molecule has 0 spiro atoms. The van der Waals surface area contributed by atoms with E-state index in [0.29, 0.717) is 23.6 Å². The van der Waals surface area contributed by atoms with Crippen molar-refractivity contribution in [3.05, 3.63) is 47.7 Å². The molecule has 0 bridgehead atoms. The molecule has 4 N–H and O–H groups in total. The van der Waals surface area contributed by atoms with Crippen LogP contribution in [0.15, 0.2) is 30.7 Å². The van der Waals surface area contributed by atoms with E-state index in [0.717, 1.165) is 5.69 Å². The summed E-state index contributed by atoms with van der Waals surface area (Å²) in [6.07, 6.45) is 3.07. The number of nitrogens with one attached hydrogen (secondary N) is 2. The third kappa shape index (κ3) is 3.46. The zero-order valence-corrected chi connectivity index (χ0v) is 10.4. The summed E-state index contributed by atoms with van der Waals surface area (Å²) in [4.78, 5) is 23.9. The first-order valence-electron chi connectivity index (χ1n) is 5.67. The van der Waals surface area contributed by atoms with Crippen LogP contribution in [0.1, 0.15) is 21.7 Å². The predicted molar refractivity (Wildman–Crippen MR) is 70.0 cm³/mol. The first kappa shape index (κ1) is 12.9. The van der Waals surface area contributed by atoms with Crippen LogP contribution in [0.3, 0.4) is 0 Å². The van der Waals surface area contributed by atoms with Crippen LogP contribution >= 0.6 is 0 Å². The topological polar surface area (TPSA) is 106 Å². The highest BCUT2D eigenvalue weighted by Gasteiger charge is 2.08. The number of carbonyl (C=O) groups is 1. The van der Waals surface area contributed by atoms with Crippen LogP contribution in [0.25, 0.3) is 0 Å². The molecule has 0 saturated heterocycles. The lowest BCUT2D eigenvalue weighted by Gasteiger charge is -2.07. The van der Waals surface area contributed by atoms with Gasteiger partial charge >= 0.3 is 0 Å². The fourth-order valence-corrected chi connectivity index (χ4v) is 1.57. The molecule has 7 heteroatoms. The number of hydrogen-bond donors (Lipinski definition) is 3. The quantitative estimate of drug-likeness (QED) is 0.541. The molecule has 2 aromatic rings. The Morgan fingerprint density at radius 3 is 2.95 bits per heavy atom. The second-order valence-corrected chi connectivity index (χ2v) is 3.91. The molecule has 2 aromatic heterocycles. The van der Waals surface area contributed by atoms with Gasteiger partial charge in [-0.2, -0.15) is 0 Å². The standard InChI is InChI=1S/C12H14N6O/c1-8-4-9(5-11(17-8)18-13)12(19)15-6-10-2-3-14-7-16-10/h2-5,7H,6,13H2,1H3,(H,15,19)(H,17,18). The van der Waals surface area contributed by atoms with Crippen LogP contribution < -0.4 is 16.6 Å². The normalized spacial score (nSPS) is 10.0. The molecule has 0 aliphatic heterocycles. The van der Waals surface area contributed by atoms with E-state index in [4.69, 9.17) is 5.84 Å². The van der Waals surface area contributed by atoms with Crippen LogP contribution in [0.2, 0.25) is 0 Å². The summed E-state index contributed by atoms with van der Waals surface area (Å²) in [5, 5.41) is 2.77. The number of rotatable bonds is 4. The number of anilines is 1. The van der Waals surface area contributed by atoms with Crippen molar-refractivity contribution in [3.8, 4) is 0 Å². The highest BCUT2D eigenvalue weighted by Crippen LogP contribution is 2.09. The number of aromatic nitrogens is 3. The molecular weight excluding hydrogens is 244 g/mol. The summed E-state index contributed by atoms with van der Waals surface area (Å²) in [5.41, 5.74) is 4.37. The maximum atomic E-state index is 12.0. The number of amides is 1. The first-order valence-corrected chi connectivity index (χ1v) is 5.67. The van der Waals surface area contributed by atoms with Crippen molar-refractivity contribution in [1.82, 2.24) is 20.3 Å². The number of hydrazine groups is 1. The van der Waals surface area contributed by atoms with Gasteiger partial charge in [0.15, 0.2) is 0 Å². The SMILES string of the molecule is Cc1cc(C(=O)NCc2ccncn2)cc(NN)n1. The first-order chi connectivity index (χ1) is 9.19. The average Bonchev–Trinajstić information content (AvgIpc) is 2.45. The number of nitrogens with zero attached hydrogens (tertiary/aromatic N) is 3. The third-order valence-electron chi connectivity index (χ3n) is 2.44. The number of pyridine rings is 1. The molecule has 2 heterocycles. The minimum Gasteiger partial charge on any atom is -0.346 e. The van der Waals surface area contributed by atoms with Crippen molar-refractivity contribution >= 4 is 11.7 Å². The minimum absolute atomic E-state index is 0.208. The lowest BCUT2D eigenvalue weighted by atomic mass is 10.2.